The number of carbonyl (C=O) groups excluding carboxylic acids is 1. The number of rotatable bonds is 10. The molecule has 0 saturated carbocycles. The first-order valence-electron chi connectivity index (χ1n) is 9.51. The summed E-state index contributed by atoms with van der Waals surface area (Å²) < 4.78 is 6.17. The third-order valence-corrected chi connectivity index (χ3v) is 5.86. The summed E-state index contributed by atoms with van der Waals surface area (Å²) >= 11 is 1.66. The van der Waals surface area contributed by atoms with Gasteiger partial charge in [-0.15, -0.1) is 11.3 Å². The lowest BCUT2D eigenvalue weighted by Gasteiger charge is -2.28. The van der Waals surface area contributed by atoms with Crippen molar-refractivity contribution in [1.82, 2.24) is 15.6 Å². The van der Waals surface area contributed by atoms with Gasteiger partial charge in [-0.1, -0.05) is 42.5 Å². The summed E-state index contributed by atoms with van der Waals surface area (Å²) in [6.07, 6.45) is 0.569. The van der Waals surface area contributed by atoms with Gasteiger partial charge in [-0.3, -0.25) is 4.79 Å². The molecule has 3 aromatic rings. The third kappa shape index (κ3) is 4.95. The van der Waals surface area contributed by atoms with E-state index in [2.05, 4.69) is 16.7 Å². The van der Waals surface area contributed by atoms with Gasteiger partial charge in [-0.25, -0.2) is 4.98 Å². The minimum atomic E-state index is -0.679. The number of hydrogen-bond acceptors (Lipinski definition) is 5. The van der Waals surface area contributed by atoms with Gasteiger partial charge in [0.2, 0.25) is 5.91 Å². The number of methoxy groups -OCH3 is 1. The van der Waals surface area contributed by atoms with Crippen molar-refractivity contribution in [2.24, 2.45) is 0 Å². The Balaban J connectivity index is 1.75. The summed E-state index contributed by atoms with van der Waals surface area (Å²) in [5.41, 5.74) is 1.31. The SMILES string of the molecule is COCCNCCNC(=O)C(C)(Cc1nc2ccccc2s1)c1ccccc1. The number of thiazole rings is 1. The molecule has 0 saturated heterocycles. The van der Waals surface area contributed by atoms with Gasteiger partial charge in [-0.2, -0.15) is 0 Å². The number of nitrogens with one attached hydrogen (secondary N) is 2. The molecule has 0 bridgehead atoms. The van der Waals surface area contributed by atoms with Crippen molar-refractivity contribution in [3.05, 3.63) is 65.2 Å². The van der Waals surface area contributed by atoms with Crippen molar-refractivity contribution < 1.29 is 9.53 Å². The smallest absolute Gasteiger partial charge is 0.230 e. The average molecular weight is 398 g/mol. The van der Waals surface area contributed by atoms with Crippen LogP contribution in [0.15, 0.2) is 54.6 Å². The molecule has 148 valence electrons. The second-order valence-corrected chi connectivity index (χ2v) is 8.06. The molecule has 3 rings (SSSR count). The molecule has 1 aromatic heterocycles. The van der Waals surface area contributed by atoms with Crippen molar-refractivity contribution in [2.75, 3.05) is 33.4 Å². The number of carbonyl (C=O) groups is 1. The van der Waals surface area contributed by atoms with Gasteiger partial charge in [0.15, 0.2) is 0 Å². The molecule has 1 heterocycles. The Morgan fingerprint density at radius 3 is 2.57 bits per heavy atom. The molecule has 0 aliphatic rings. The van der Waals surface area contributed by atoms with Crippen LogP contribution in [0.2, 0.25) is 0 Å². The zero-order chi connectivity index (χ0) is 19.8. The lowest BCUT2D eigenvalue weighted by Crippen LogP contribution is -2.46. The van der Waals surface area contributed by atoms with E-state index in [1.165, 1.54) is 0 Å². The quantitative estimate of drug-likeness (QED) is 0.516. The second-order valence-electron chi connectivity index (χ2n) is 6.95. The number of benzene rings is 2. The highest BCUT2D eigenvalue weighted by molar-refractivity contribution is 7.18. The fourth-order valence-corrected chi connectivity index (χ4v) is 4.30. The first-order valence-corrected chi connectivity index (χ1v) is 10.3. The van der Waals surface area contributed by atoms with Crippen LogP contribution in [0.4, 0.5) is 0 Å². The van der Waals surface area contributed by atoms with Crippen LogP contribution in [0, 0.1) is 0 Å². The van der Waals surface area contributed by atoms with Crippen LogP contribution in [0.1, 0.15) is 17.5 Å². The molecule has 1 atom stereocenters. The third-order valence-electron chi connectivity index (χ3n) is 4.83. The molecule has 2 aromatic carbocycles. The van der Waals surface area contributed by atoms with E-state index >= 15 is 0 Å². The van der Waals surface area contributed by atoms with Gasteiger partial charge < -0.3 is 15.4 Å². The number of para-hydroxylation sites is 1. The second kappa shape index (κ2) is 9.78. The monoisotopic (exact) mass is 397 g/mol. The van der Waals surface area contributed by atoms with Gasteiger partial charge in [0.05, 0.1) is 27.2 Å². The summed E-state index contributed by atoms with van der Waals surface area (Å²) in [7, 11) is 1.68. The van der Waals surface area contributed by atoms with E-state index in [0.717, 1.165) is 27.3 Å². The average Bonchev–Trinajstić information content (AvgIpc) is 3.13. The fraction of sp³-hybridized carbons (Fsp3) is 0.364. The Morgan fingerprint density at radius 1 is 1.07 bits per heavy atom. The van der Waals surface area contributed by atoms with E-state index in [1.54, 1.807) is 18.4 Å². The predicted molar refractivity (Wildman–Crippen MR) is 115 cm³/mol. The summed E-state index contributed by atoms with van der Waals surface area (Å²) in [5, 5.41) is 7.31. The highest BCUT2D eigenvalue weighted by Crippen LogP contribution is 2.32. The van der Waals surface area contributed by atoms with Crippen molar-refractivity contribution in [1.29, 1.82) is 0 Å². The van der Waals surface area contributed by atoms with E-state index in [-0.39, 0.29) is 5.91 Å². The first kappa shape index (κ1) is 20.5. The number of aromatic nitrogens is 1. The van der Waals surface area contributed by atoms with E-state index in [0.29, 0.717) is 26.1 Å². The molecule has 0 aliphatic heterocycles. The van der Waals surface area contributed by atoms with E-state index in [4.69, 9.17) is 9.72 Å². The van der Waals surface area contributed by atoms with E-state index in [1.807, 2.05) is 55.5 Å². The molecule has 0 aliphatic carbocycles. The van der Waals surface area contributed by atoms with Gasteiger partial charge in [0.25, 0.3) is 0 Å². The molecule has 5 nitrogen and oxygen atoms in total. The minimum absolute atomic E-state index is 0.0199. The zero-order valence-corrected chi connectivity index (χ0v) is 17.2. The van der Waals surface area contributed by atoms with E-state index < -0.39 is 5.41 Å². The van der Waals surface area contributed by atoms with Crippen molar-refractivity contribution in [3.63, 3.8) is 0 Å². The van der Waals surface area contributed by atoms with Crippen LogP contribution in [-0.2, 0) is 21.4 Å². The van der Waals surface area contributed by atoms with Crippen LogP contribution in [0.25, 0.3) is 10.2 Å². The largest absolute Gasteiger partial charge is 0.383 e. The van der Waals surface area contributed by atoms with Crippen LogP contribution >= 0.6 is 11.3 Å². The van der Waals surface area contributed by atoms with Gasteiger partial charge >= 0.3 is 0 Å². The van der Waals surface area contributed by atoms with Crippen LogP contribution in [0.3, 0.4) is 0 Å². The summed E-state index contributed by atoms with van der Waals surface area (Å²) in [5.74, 6) is 0.0199. The number of amides is 1. The highest BCUT2D eigenvalue weighted by atomic mass is 32.1. The maximum atomic E-state index is 13.2. The Labute approximate surface area is 170 Å². The first-order chi connectivity index (χ1) is 13.6. The number of ether oxygens (including phenoxy) is 1. The minimum Gasteiger partial charge on any atom is -0.383 e. The molecule has 0 radical (unpaired) electrons. The lowest BCUT2D eigenvalue weighted by molar-refractivity contribution is -0.126. The Kier molecular flexibility index (Phi) is 7.14. The zero-order valence-electron chi connectivity index (χ0n) is 16.4. The molecule has 1 unspecified atom stereocenters. The van der Waals surface area contributed by atoms with Crippen LogP contribution in [-0.4, -0.2) is 44.2 Å². The summed E-state index contributed by atoms with van der Waals surface area (Å²) in [6, 6.07) is 18.1. The van der Waals surface area contributed by atoms with E-state index in [9.17, 15) is 4.79 Å². The van der Waals surface area contributed by atoms with Gasteiger partial charge in [0.1, 0.15) is 0 Å². The van der Waals surface area contributed by atoms with Crippen LogP contribution in [0.5, 0.6) is 0 Å². The predicted octanol–water partition coefficient (Wildman–Crippen LogP) is 3.15. The number of nitrogens with zero attached hydrogens (tertiary/aromatic N) is 1. The maximum Gasteiger partial charge on any atom is 0.230 e. The van der Waals surface area contributed by atoms with Crippen molar-refractivity contribution in [3.8, 4) is 0 Å². The van der Waals surface area contributed by atoms with Crippen LogP contribution < -0.4 is 10.6 Å². The van der Waals surface area contributed by atoms with Crippen molar-refractivity contribution >= 4 is 27.5 Å². The standard InChI is InChI=1S/C22H27N3O2S/c1-22(17-8-4-3-5-9-17,21(26)24-13-12-23-14-15-27-2)16-20-25-18-10-6-7-11-19(18)28-20/h3-11,23H,12-16H2,1-2H3,(H,24,26). The molecular formula is C22H27N3O2S. The molecule has 2 N–H and O–H groups in total. The van der Waals surface area contributed by atoms with Gasteiger partial charge in [0, 0.05) is 33.2 Å². The summed E-state index contributed by atoms with van der Waals surface area (Å²) in [6.45, 7) is 4.72. The van der Waals surface area contributed by atoms with Crippen molar-refractivity contribution in [2.45, 2.75) is 18.8 Å². The van der Waals surface area contributed by atoms with Gasteiger partial charge in [-0.05, 0) is 24.6 Å². The maximum absolute atomic E-state index is 13.2. The molecule has 1 amide bonds. The molecular weight excluding hydrogens is 370 g/mol. The lowest BCUT2D eigenvalue weighted by atomic mass is 9.78. The normalized spacial score (nSPS) is 13.4. The number of fused-ring (bicyclic) bond motifs is 1. The Hall–Kier alpha value is -2.28. The topological polar surface area (TPSA) is 63.2 Å². The summed E-state index contributed by atoms with van der Waals surface area (Å²) in [4.78, 5) is 17.9. The molecule has 0 spiro atoms. The fourth-order valence-electron chi connectivity index (χ4n) is 3.18. The number of hydrogen-bond donors (Lipinski definition) is 2. The molecule has 28 heavy (non-hydrogen) atoms. The molecule has 6 heteroatoms. The molecule has 0 fully saturated rings. The Morgan fingerprint density at radius 2 is 1.82 bits per heavy atom. The Bertz CT molecular complexity index is 864. The highest BCUT2D eigenvalue weighted by Gasteiger charge is 2.36.